The van der Waals surface area contributed by atoms with Crippen LogP contribution in [0.1, 0.15) is 27.7 Å². The van der Waals surface area contributed by atoms with Crippen LogP contribution in [-0.4, -0.2) is 54.0 Å². The normalized spacial score (nSPS) is 20.6. The fourth-order valence-electron chi connectivity index (χ4n) is 1.95. The molecule has 1 atom stereocenters. The molecular formula is C12H25N3O. The lowest BCUT2D eigenvalue weighted by molar-refractivity contribution is -0.135. The van der Waals surface area contributed by atoms with Crippen LogP contribution in [0.15, 0.2) is 0 Å². The molecule has 0 saturated carbocycles. The maximum atomic E-state index is 12.0. The van der Waals surface area contributed by atoms with E-state index in [4.69, 9.17) is 5.73 Å². The minimum atomic E-state index is -0.342. The molecule has 1 rings (SSSR count). The van der Waals surface area contributed by atoms with E-state index in [1.807, 2.05) is 18.7 Å². The van der Waals surface area contributed by atoms with E-state index >= 15 is 0 Å². The zero-order valence-electron chi connectivity index (χ0n) is 10.9. The first-order chi connectivity index (χ1) is 7.43. The number of amides is 1. The molecule has 4 nitrogen and oxygen atoms in total. The molecule has 16 heavy (non-hydrogen) atoms. The Morgan fingerprint density at radius 1 is 1.06 bits per heavy atom. The van der Waals surface area contributed by atoms with E-state index in [-0.39, 0.29) is 17.9 Å². The molecule has 1 saturated heterocycles. The van der Waals surface area contributed by atoms with Gasteiger partial charge in [-0.15, -0.1) is 0 Å². The molecule has 1 fully saturated rings. The largest absolute Gasteiger partial charge is 0.339 e. The molecule has 2 N–H and O–H groups in total. The highest BCUT2D eigenvalue weighted by Gasteiger charge is 2.27. The molecule has 1 aliphatic heterocycles. The Balaban J connectivity index is 2.45. The first kappa shape index (κ1) is 13.5. The van der Waals surface area contributed by atoms with Gasteiger partial charge in [0.15, 0.2) is 0 Å². The summed E-state index contributed by atoms with van der Waals surface area (Å²) < 4.78 is 0. The van der Waals surface area contributed by atoms with E-state index in [1.54, 1.807) is 0 Å². The van der Waals surface area contributed by atoms with Crippen LogP contribution in [0.3, 0.4) is 0 Å². The summed E-state index contributed by atoms with van der Waals surface area (Å²) in [5, 5.41) is 0. The van der Waals surface area contributed by atoms with E-state index in [0.717, 1.165) is 26.2 Å². The van der Waals surface area contributed by atoms with Crippen LogP contribution in [-0.2, 0) is 4.79 Å². The van der Waals surface area contributed by atoms with Crippen LogP contribution in [0.25, 0.3) is 0 Å². The molecule has 1 heterocycles. The lowest BCUT2D eigenvalue weighted by Crippen LogP contribution is -2.55. The smallest absolute Gasteiger partial charge is 0.239 e. The summed E-state index contributed by atoms with van der Waals surface area (Å²) in [5.41, 5.74) is 5.88. The van der Waals surface area contributed by atoms with Gasteiger partial charge < -0.3 is 10.6 Å². The Bertz CT molecular complexity index is 232. The van der Waals surface area contributed by atoms with E-state index in [2.05, 4.69) is 18.7 Å². The van der Waals surface area contributed by atoms with E-state index in [0.29, 0.717) is 6.04 Å². The predicted molar refractivity (Wildman–Crippen MR) is 66.1 cm³/mol. The fraction of sp³-hybridized carbons (Fsp3) is 0.917. The molecular weight excluding hydrogens is 202 g/mol. The summed E-state index contributed by atoms with van der Waals surface area (Å²) in [4.78, 5) is 16.3. The number of hydrogen-bond acceptors (Lipinski definition) is 3. The molecule has 0 bridgehead atoms. The molecule has 0 unspecified atom stereocenters. The van der Waals surface area contributed by atoms with E-state index < -0.39 is 0 Å². The Kier molecular flexibility index (Phi) is 4.74. The fourth-order valence-corrected chi connectivity index (χ4v) is 1.95. The molecule has 0 radical (unpaired) electrons. The summed E-state index contributed by atoms with van der Waals surface area (Å²) in [5.74, 6) is 0.328. The number of nitrogens with two attached hydrogens (primary N) is 1. The Morgan fingerprint density at radius 2 is 1.56 bits per heavy atom. The summed E-state index contributed by atoms with van der Waals surface area (Å²) >= 11 is 0. The maximum Gasteiger partial charge on any atom is 0.239 e. The predicted octanol–water partition coefficient (Wildman–Crippen LogP) is 0.522. The van der Waals surface area contributed by atoms with E-state index in [1.165, 1.54) is 0 Å². The SMILES string of the molecule is CC(C)[C@H](N)C(=O)N1CCN(C(C)C)CC1. The highest BCUT2D eigenvalue weighted by Crippen LogP contribution is 2.09. The lowest BCUT2D eigenvalue weighted by Gasteiger charge is -2.38. The number of rotatable bonds is 3. The van der Waals surface area contributed by atoms with Crippen LogP contribution in [0.5, 0.6) is 0 Å². The van der Waals surface area contributed by atoms with Crippen molar-refractivity contribution < 1.29 is 4.79 Å². The van der Waals surface area contributed by atoms with Crippen LogP contribution < -0.4 is 5.73 Å². The van der Waals surface area contributed by atoms with Gasteiger partial charge in [-0.2, -0.15) is 0 Å². The highest BCUT2D eigenvalue weighted by molar-refractivity contribution is 5.82. The standard InChI is InChI=1S/C12H25N3O/c1-9(2)11(13)12(16)15-7-5-14(6-8-15)10(3)4/h9-11H,5-8,13H2,1-4H3/t11-/m0/s1. The van der Waals surface area contributed by atoms with Crippen LogP contribution in [0, 0.1) is 5.92 Å². The van der Waals surface area contributed by atoms with Crippen molar-refractivity contribution in [3.8, 4) is 0 Å². The van der Waals surface area contributed by atoms with Gasteiger partial charge in [0, 0.05) is 32.2 Å². The molecule has 1 amide bonds. The van der Waals surface area contributed by atoms with E-state index in [9.17, 15) is 4.79 Å². The quantitative estimate of drug-likeness (QED) is 0.765. The minimum absolute atomic E-state index is 0.110. The molecule has 0 aromatic carbocycles. The number of nitrogens with zero attached hydrogens (tertiary/aromatic N) is 2. The van der Waals surface area contributed by atoms with Crippen LogP contribution >= 0.6 is 0 Å². The Morgan fingerprint density at radius 3 is 1.94 bits per heavy atom. The third-order valence-corrected chi connectivity index (χ3v) is 3.36. The summed E-state index contributed by atoms with van der Waals surface area (Å²) in [6.07, 6.45) is 0. The molecule has 4 heteroatoms. The average molecular weight is 227 g/mol. The van der Waals surface area contributed by atoms with Gasteiger partial charge in [0.05, 0.1) is 6.04 Å². The second kappa shape index (κ2) is 5.64. The van der Waals surface area contributed by atoms with Crippen molar-refractivity contribution in [2.45, 2.75) is 39.8 Å². The van der Waals surface area contributed by atoms with Gasteiger partial charge in [-0.3, -0.25) is 9.69 Å². The first-order valence-corrected chi connectivity index (χ1v) is 6.22. The zero-order chi connectivity index (χ0) is 12.3. The monoisotopic (exact) mass is 227 g/mol. The van der Waals surface area contributed by atoms with Gasteiger partial charge in [-0.05, 0) is 19.8 Å². The molecule has 0 aromatic rings. The second-order valence-corrected chi connectivity index (χ2v) is 5.22. The third-order valence-electron chi connectivity index (χ3n) is 3.36. The van der Waals surface area contributed by atoms with Crippen LogP contribution in [0.2, 0.25) is 0 Å². The molecule has 1 aliphatic rings. The number of carbonyl (C=O) groups excluding carboxylic acids is 1. The van der Waals surface area contributed by atoms with Gasteiger partial charge in [-0.1, -0.05) is 13.8 Å². The van der Waals surface area contributed by atoms with Gasteiger partial charge in [0.1, 0.15) is 0 Å². The summed E-state index contributed by atoms with van der Waals surface area (Å²) in [6.45, 7) is 11.9. The molecule has 0 aromatic heterocycles. The van der Waals surface area contributed by atoms with Gasteiger partial charge >= 0.3 is 0 Å². The molecule has 94 valence electrons. The Hall–Kier alpha value is -0.610. The topological polar surface area (TPSA) is 49.6 Å². The van der Waals surface area contributed by atoms with Gasteiger partial charge in [0.25, 0.3) is 0 Å². The number of piperazine rings is 1. The first-order valence-electron chi connectivity index (χ1n) is 6.22. The van der Waals surface area contributed by atoms with Crippen molar-refractivity contribution >= 4 is 5.91 Å². The summed E-state index contributed by atoms with van der Waals surface area (Å²) in [6, 6.07) is 0.224. The highest BCUT2D eigenvalue weighted by atomic mass is 16.2. The lowest BCUT2D eigenvalue weighted by atomic mass is 10.0. The van der Waals surface area contributed by atoms with Crippen molar-refractivity contribution in [1.29, 1.82) is 0 Å². The van der Waals surface area contributed by atoms with Gasteiger partial charge in [-0.25, -0.2) is 0 Å². The molecule has 0 spiro atoms. The third kappa shape index (κ3) is 3.19. The Labute approximate surface area is 98.8 Å². The molecule has 0 aliphatic carbocycles. The zero-order valence-corrected chi connectivity index (χ0v) is 10.9. The van der Waals surface area contributed by atoms with Crippen molar-refractivity contribution in [2.24, 2.45) is 11.7 Å². The summed E-state index contributed by atoms with van der Waals surface area (Å²) in [7, 11) is 0. The number of hydrogen-bond donors (Lipinski definition) is 1. The second-order valence-electron chi connectivity index (χ2n) is 5.22. The number of carbonyl (C=O) groups is 1. The van der Waals surface area contributed by atoms with Crippen molar-refractivity contribution in [2.75, 3.05) is 26.2 Å². The van der Waals surface area contributed by atoms with Crippen molar-refractivity contribution in [3.05, 3.63) is 0 Å². The maximum absolute atomic E-state index is 12.0. The van der Waals surface area contributed by atoms with Crippen molar-refractivity contribution in [3.63, 3.8) is 0 Å². The minimum Gasteiger partial charge on any atom is -0.339 e. The average Bonchev–Trinajstić information content (AvgIpc) is 2.27. The van der Waals surface area contributed by atoms with Gasteiger partial charge in [0.2, 0.25) is 5.91 Å². The van der Waals surface area contributed by atoms with Crippen LogP contribution in [0.4, 0.5) is 0 Å². The van der Waals surface area contributed by atoms with Crippen molar-refractivity contribution in [1.82, 2.24) is 9.80 Å².